The Kier molecular flexibility index (Phi) is 3.04. The zero-order valence-corrected chi connectivity index (χ0v) is 10.8. The Bertz CT molecular complexity index is 583. The fraction of sp³-hybridized carbons (Fsp3) is 0.462. The van der Waals surface area contributed by atoms with Gasteiger partial charge in [0.25, 0.3) is 0 Å². The summed E-state index contributed by atoms with van der Waals surface area (Å²) in [6, 6.07) is 5.61. The average Bonchev–Trinajstić information content (AvgIpc) is 2.80. The molecular weight excluding hydrogens is 244 g/mol. The van der Waals surface area contributed by atoms with Gasteiger partial charge in [0.1, 0.15) is 0 Å². The number of aliphatic hydroxyl groups excluding tert-OH is 1. The van der Waals surface area contributed by atoms with Crippen molar-refractivity contribution < 1.29 is 9.84 Å². The summed E-state index contributed by atoms with van der Waals surface area (Å²) in [5.41, 5.74) is 8.30. The molecule has 1 aromatic carbocycles. The minimum Gasteiger partial charge on any atom is -0.399 e. The fourth-order valence-corrected chi connectivity index (χ4v) is 2.48. The quantitative estimate of drug-likeness (QED) is 0.695. The maximum Gasteiger partial charge on any atom is 0.204 e. The first kappa shape index (κ1) is 12.3. The molecule has 4 N–H and O–H groups in total. The summed E-state index contributed by atoms with van der Waals surface area (Å²) in [6.45, 7) is 3.41. The van der Waals surface area contributed by atoms with E-state index in [2.05, 4.69) is 14.9 Å². The molecule has 0 saturated carbocycles. The van der Waals surface area contributed by atoms with Gasteiger partial charge in [0.2, 0.25) is 5.95 Å². The number of aliphatic hydroxyl groups is 1. The lowest BCUT2D eigenvalue weighted by Gasteiger charge is -2.35. The van der Waals surface area contributed by atoms with E-state index in [0.29, 0.717) is 12.2 Å². The highest BCUT2D eigenvalue weighted by molar-refractivity contribution is 5.80. The summed E-state index contributed by atoms with van der Waals surface area (Å²) in [6.07, 6.45) is -0.0915. The summed E-state index contributed by atoms with van der Waals surface area (Å²) in [5.74, 6) is 0.800. The van der Waals surface area contributed by atoms with Crippen molar-refractivity contribution >= 4 is 22.7 Å². The van der Waals surface area contributed by atoms with Crippen molar-refractivity contribution in [3.05, 3.63) is 18.2 Å². The number of aromatic amines is 1. The molecule has 2 atom stereocenters. The van der Waals surface area contributed by atoms with E-state index >= 15 is 0 Å². The Balaban J connectivity index is 1.90. The maximum atomic E-state index is 9.25. The molecule has 6 heteroatoms. The van der Waals surface area contributed by atoms with Crippen LogP contribution >= 0.6 is 0 Å². The van der Waals surface area contributed by atoms with E-state index in [1.807, 2.05) is 25.1 Å². The summed E-state index contributed by atoms with van der Waals surface area (Å²) in [4.78, 5) is 9.93. The van der Waals surface area contributed by atoms with Gasteiger partial charge in [-0.3, -0.25) is 0 Å². The zero-order valence-electron chi connectivity index (χ0n) is 10.8. The number of nitrogens with zero attached hydrogens (tertiary/aromatic N) is 2. The summed E-state index contributed by atoms with van der Waals surface area (Å²) in [5, 5.41) is 9.25. The van der Waals surface area contributed by atoms with Crippen molar-refractivity contribution in [2.45, 2.75) is 19.1 Å². The maximum absolute atomic E-state index is 9.25. The minimum absolute atomic E-state index is 0.0218. The van der Waals surface area contributed by atoms with Gasteiger partial charge in [-0.25, -0.2) is 4.98 Å². The van der Waals surface area contributed by atoms with Crippen molar-refractivity contribution in [2.24, 2.45) is 0 Å². The SMILES string of the molecule is CC1CN(c2nc3ccc(N)cc3[nH]2)CC(CO)O1. The molecule has 102 valence electrons. The number of rotatable bonds is 2. The topological polar surface area (TPSA) is 87.4 Å². The number of H-pyrrole nitrogens is 1. The molecule has 1 aromatic heterocycles. The van der Waals surface area contributed by atoms with E-state index in [-0.39, 0.29) is 18.8 Å². The Hall–Kier alpha value is -1.79. The number of ether oxygens (including phenoxy) is 1. The third-order valence-electron chi connectivity index (χ3n) is 3.32. The number of nitrogens with two attached hydrogens (primary N) is 1. The molecule has 1 aliphatic heterocycles. The number of anilines is 2. The molecule has 0 spiro atoms. The van der Waals surface area contributed by atoms with Crippen LogP contribution in [0.2, 0.25) is 0 Å². The van der Waals surface area contributed by atoms with Crippen LogP contribution in [-0.4, -0.2) is 47.0 Å². The third-order valence-corrected chi connectivity index (χ3v) is 3.32. The van der Waals surface area contributed by atoms with E-state index < -0.39 is 0 Å². The monoisotopic (exact) mass is 262 g/mol. The van der Waals surface area contributed by atoms with Gasteiger partial charge in [0.15, 0.2) is 0 Å². The molecule has 0 bridgehead atoms. The zero-order chi connectivity index (χ0) is 13.4. The molecule has 0 amide bonds. The van der Waals surface area contributed by atoms with Gasteiger partial charge in [-0.1, -0.05) is 0 Å². The molecule has 6 nitrogen and oxygen atoms in total. The van der Waals surface area contributed by atoms with Crippen LogP contribution in [0.1, 0.15) is 6.92 Å². The van der Waals surface area contributed by atoms with Crippen molar-refractivity contribution in [2.75, 3.05) is 30.3 Å². The number of aromatic nitrogens is 2. The number of nitrogens with one attached hydrogen (secondary N) is 1. The lowest BCUT2D eigenvalue weighted by molar-refractivity contribution is -0.0424. The van der Waals surface area contributed by atoms with Crippen LogP contribution in [0.5, 0.6) is 0 Å². The smallest absolute Gasteiger partial charge is 0.204 e. The Morgan fingerprint density at radius 2 is 2.37 bits per heavy atom. The first-order valence-electron chi connectivity index (χ1n) is 6.42. The van der Waals surface area contributed by atoms with Crippen LogP contribution < -0.4 is 10.6 Å². The second-order valence-electron chi connectivity index (χ2n) is 4.99. The fourth-order valence-electron chi connectivity index (χ4n) is 2.48. The summed E-state index contributed by atoms with van der Waals surface area (Å²) < 4.78 is 5.63. The predicted molar refractivity (Wildman–Crippen MR) is 74.1 cm³/mol. The largest absolute Gasteiger partial charge is 0.399 e. The molecule has 1 aliphatic rings. The van der Waals surface area contributed by atoms with Crippen LogP contribution in [0.4, 0.5) is 11.6 Å². The van der Waals surface area contributed by atoms with Crippen molar-refractivity contribution in [3.8, 4) is 0 Å². The van der Waals surface area contributed by atoms with Crippen molar-refractivity contribution in [1.82, 2.24) is 9.97 Å². The number of fused-ring (bicyclic) bond motifs is 1. The van der Waals surface area contributed by atoms with Crippen LogP contribution in [0.15, 0.2) is 18.2 Å². The van der Waals surface area contributed by atoms with Crippen molar-refractivity contribution in [1.29, 1.82) is 0 Å². The van der Waals surface area contributed by atoms with Crippen molar-refractivity contribution in [3.63, 3.8) is 0 Å². The molecule has 2 heterocycles. The summed E-state index contributed by atoms with van der Waals surface area (Å²) in [7, 11) is 0. The molecule has 2 unspecified atom stereocenters. The minimum atomic E-state index is -0.165. The molecule has 3 rings (SSSR count). The molecule has 19 heavy (non-hydrogen) atoms. The standard InChI is InChI=1S/C13H18N4O2/c1-8-5-17(6-10(7-18)19-8)13-15-11-3-2-9(14)4-12(11)16-13/h2-4,8,10,18H,5-7,14H2,1H3,(H,15,16). The molecule has 0 radical (unpaired) electrons. The average molecular weight is 262 g/mol. The predicted octanol–water partition coefficient (Wildman–Crippen LogP) is 0.731. The third kappa shape index (κ3) is 2.36. The van der Waals surface area contributed by atoms with Crippen LogP contribution in [0, 0.1) is 0 Å². The van der Waals surface area contributed by atoms with Crippen LogP contribution in [0.25, 0.3) is 11.0 Å². The van der Waals surface area contributed by atoms with E-state index in [4.69, 9.17) is 10.5 Å². The number of hydrogen-bond donors (Lipinski definition) is 3. The number of benzene rings is 1. The molecule has 1 saturated heterocycles. The lowest BCUT2D eigenvalue weighted by atomic mass is 10.2. The van der Waals surface area contributed by atoms with Gasteiger partial charge in [0, 0.05) is 18.8 Å². The first-order valence-corrected chi connectivity index (χ1v) is 6.42. The molecule has 2 aromatic rings. The second kappa shape index (κ2) is 4.71. The number of nitrogen functional groups attached to an aromatic ring is 1. The van der Waals surface area contributed by atoms with Gasteiger partial charge in [-0.2, -0.15) is 0 Å². The Morgan fingerprint density at radius 3 is 3.16 bits per heavy atom. The van der Waals surface area contributed by atoms with Gasteiger partial charge in [-0.15, -0.1) is 0 Å². The van der Waals surface area contributed by atoms with Gasteiger partial charge >= 0.3 is 0 Å². The van der Waals surface area contributed by atoms with E-state index in [1.165, 1.54) is 0 Å². The highest BCUT2D eigenvalue weighted by Crippen LogP contribution is 2.22. The number of hydrogen-bond acceptors (Lipinski definition) is 5. The first-order chi connectivity index (χ1) is 9.15. The summed E-state index contributed by atoms with van der Waals surface area (Å²) >= 11 is 0. The normalized spacial score (nSPS) is 24.0. The molecule has 1 fully saturated rings. The molecule has 0 aliphatic carbocycles. The highest BCUT2D eigenvalue weighted by Gasteiger charge is 2.26. The second-order valence-corrected chi connectivity index (χ2v) is 4.99. The van der Waals surface area contributed by atoms with Gasteiger partial charge < -0.3 is 25.5 Å². The number of morpholine rings is 1. The van der Waals surface area contributed by atoms with E-state index in [9.17, 15) is 5.11 Å². The lowest BCUT2D eigenvalue weighted by Crippen LogP contribution is -2.48. The molecular formula is C13H18N4O2. The van der Waals surface area contributed by atoms with E-state index in [0.717, 1.165) is 23.5 Å². The van der Waals surface area contributed by atoms with E-state index in [1.54, 1.807) is 0 Å². The Morgan fingerprint density at radius 1 is 1.53 bits per heavy atom. The number of imidazole rings is 1. The highest BCUT2D eigenvalue weighted by atomic mass is 16.5. The van der Waals surface area contributed by atoms with Crippen LogP contribution in [-0.2, 0) is 4.74 Å². The Labute approximate surface area is 111 Å². The van der Waals surface area contributed by atoms with Gasteiger partial charge in [-0.05, 0) is 25.1 Å². The van der Waals surface area contributed by atoms with Gasteiger partial charge in [0.05, 0.1) is 29.8 Å². The van der Waals surface area contributed by atoms with Crippen LogP contribution in [0.3, 0.4) is 0 Å².